The fourth-order valence-electron chi connectivity index (χ4n) is 0.283. The van der Waals surface area contributed by atoms with Gasteiger partial charge in [0.2, 0.25) is 0 Å². The molecule has 0 atom stereocenters. The normalized spacial score (nSPS) is 7.57. The summed E-state index contributed by atoms with van der Waals surface area (Å²) in [6.45, 7) is 3.14. The van der Waals surface area contributed by atoms with Gasteiger partial charge < -0.3 is 0 Å². The molecule has 1 nitrogen and oxygen atoms in total. The Kier molecular flexibility index (Phi) is 6.51. The quantitative estimate of drug-likeness (QED) is 0.539. The Morgan fingerprint density at radius 3 is 2.86 bits per heavy atom. The summed E-state index contributed by atoms with van der Waals surface area (Å²) in [5.41, 5.74) is 0. The van der Waals surface area contributed by atoms with Gasteiger partial charge in [-0.1, -0.05) is 0 Å². The maximum atomic E-state index is 3.95. The van der Waals surface area contributed by atoms with Crippen LogP contribution in [0, 0.1) is 0 Å². The molecule has 0 radical (unpaired) electrons. The monoisotopic (exact) mass is 267 g/mol. The van der Waals surface area contributed by atoms with Crippen LogP contribution in [0.1, 0.15) is 19.8 Å². The first kappa shape index (κ1) is 7.27. The molecule has 7 heavy (non-hydrogen) atoms. The van der Waals surface area contributed by atoms with Gasteiger partial charge in [-0.05, 0) is 0 Å². The van der Waals surface area contributed by atoms with Gasteiger partial charge in [0.1, 0.15) is 0 Å². The summed E-state index contributed by atoms with van der Waals surface area (Å²) in [6, 6.07) is 0. The maximum absolute atomic E-state index is 3.95. The summed E-state index contributed by atoms with van der Waals surface area (Å²) in [7, 11) is 0. The summed E-state index contributed by atoms with van der Waals surface area (Å²) < 4.78 is 2.81. The Morgan fingerprint density at radius 2 is 2.43 bits per heavy atom. The minimum atomic E-state index is 0.972. The van der Waals surface area contributed by atoms with Crippen molar-refractivity contribution in [3.63, 3.8) is 0 Å². The molecule has 0 spiro atoms. The summed E-state index contributed by atoms with van der Waals surface area (Å²) >= 11 is 1.33. The predicted molar refractivity (Wildman–Crippen MR) is 27.2 cm³/mol. The molecule has 0 aliphatic rings. The molecule has 0 heterocycles. The third kappa shape index (κ3) is 6.27. The third-order valence-corrected chi connectivity index (χ3v) is 1.15. The second kappa shape index (κ2) is 6.27. The Balaban J connectivity index is 2.83. The number of hydrogen-bond donors (Lipinski definition) is 0. The van der Waals surface area contributed by atoms with Crippen molar-refractivity contribution in [2.24, 2.45) is 4.99 Å². The molecule has 0 fully saturated rings. The van der Waals surface area contributed by atoms with E-state index in [4.69, 9.17) is 0 Å². The van der Waals surface area contributed by atoms with Gasteiger partial charge in [-0.15, -0.1) is 0 Å². The molecule has 0 aliphatic carbocycles. The van der Waals surface area contributed by atoms with E-state index in [0.29, 0.717) is 0 Å². The second-order valence-electron chi connectivity index (χ2n) is 1.33. The van der Waals surface area contributed by atoms with Crippen molar-refractivity contribution in [1.29, 1.82) is 0 Å². The summed E-state index contributed by atoms with van der Waals surface area (Å²) in [6.07, 6.45) is 2.45. The Morgan fingerprint density at radius 1 is 1.71 bits per heavy atom. The Labute approximate surface area is 55.2 Å². The molecule has 2 heteroatoms. The van der Waals surface area contributed by atoms with Gasteiger partial charge in [0.15, 0.2) is 0 Å². The van der Waals surface area contributed by atoms with Crippen LogP contribution in [0.3, 0.4) is 0 Å². The van der Waals surface area contributed by atoms with Gasteiger partial charge in [0, 0.05) is 0 Å². The second-order valence-corrected chi connectivity index (χ2v) is 1.98. The molecule has 0 unspecified atom stereocenters. The fourth-order valence-corrected chi connectivity index (χ4v) is 0.611. The number of rotatable bonds is 3. The molecular weight excluding hydrogens is 258 g/mol. The number of nitrogens with zero attached hydrogens (tertiary/aromatic N) is 1. The van der Waals surface area contributed by atoms with Gasteiger partial charge in [0.25, 0.3) is 0 Å². The first-order valence-electron chi connectivity index (χ1n) is 2.45. The molecule has 0 aliphatic heterocycles. The zero-order valence-electron chi connectivity index (χ0n) is 4.48. The van der Waals surface area contributed by atoms with Gasteiger partial charge in [-0.25, -0.2) is 0 Å². The Hall–Kier alpha value is 0.268. The van der Waals surface area contributed by atoms with Crippen molar-refractivity contribution in [1.82, 2.24) is 0 Å². The molecule has 0 N–H and O–H groups in total. The van der Waals surface area contributed by atoms with Crippen molar-refractivity contribution < 1.29 is 19.4 Å². The van der Waals surface area contributed by atoms with Gasteiger partial charge >= 0.3 is 54.9 Å². The molecule has 0 aromatic rings. The van der Waals surface area contributed by atoms with E-state index in [-0.39, 0.29) is 0 Å². The van der Waals surface area contributed by atoms with Gasteiger partial charge in [-0.3, -0.25) is 0 Å². The van der Waals surface area contributed by atoms with Crippen LogP contribution in [0.25, 0.3) is 0 Å². The minimum absolute atomic E-state index is 0.972. The van der Waals surface area contributed by atoms with E-state index in [9.17, 15) is 0 Å². The van der Waals surface area contributed by atoms with Gasteiger partial charge in [0.05, 0.1) is 0 Å². The van der Waals surface area contributed by atoms with Crippen LogP contribution in [-0.4, -0.2) is 10.7 Å². The molecule has 0 aromatic carbocycles. The van der Waals surface area contributed by atoms with Crippen LogP contribution in [0.5, 0.6) is 0 Å². The van der Waals surface area contributed by atoms with Crippen molar-refractivity contribution >= 4 is 4.19 Å². The third-order valence-electron chi connectivity index (χ3n) is 0.688. The van der Waals surface area contributed by atoms with Crippen molar-refractivity contribution in [3.8, 4) is 0 Å². The summed E-state index contributed by atoms with van der Waals surface area (Å²) in [5, 5.41) is 0. The van der Waals surface area contributed by atoms with E-state index < -0.39 is 0 Å². The van der Waals surface area contributed by atoms with E-state index in [0.717, 1.165) is 6.54 Å². The van der Waals surface area contributed by atoms with Crippen LogP contribution in [0.2, 0.25) is 0 Å². The van der Waals surface area contributed by atoms with Gasteiger partial charge in [-0.2, -0.15) is 0 Å². The topological polar surface area (TPSA) is 12.4 Å². The molecule has 0 aromatic heterocycles. The first-order chi connectivity index (χ1) is 3.41. The summed E-state index contributed by atoms with van der Waals surface area (Å²) in [5.74, 6) is 0. The number of aliphatic imine (C=N–C) groups is 1. The average molecular weight is 267 g/mol. The number of hydrogen-bond acceptors (Lipinski definition) is 1. The van der Waals surface area contributed by atoms with Crippen LogP contribution in [0.15, 0.2) is 4.99 Å². The fraction of sp³-hybridized carbons (Fsp3) is 0.800. The molecular formula is C5H9NW. The zero-order chi connectivity index (χ0) is 5.54. The first-order valence-corrected chi connectivity index (χ1v) is 3.92. The average Bonchev–Trinajstić information content (AvgIpc) is 1.69. The molecule has 0 saturated heterocycles. The van der Waals surface area contributed by atoms with Crippen molar-refractivity contribution in [2.45, 2.75) is 19.8 Å². The molecule has 0 bridgehead atoms. The van der Waals surface area contributed by atoms with Crippen molar-refractivity contribution in [3.05, 3.63) is 0 Å². The molecule has 40 valence electrons. The van der Waals surface area contributed by atoms with Crippen LogP contribution >= 0.6 is 0 Å². The summed E-state index contributed by atoms with van der Waals surface area (Å²) in [4.78, 5) is 3.95. The van der Waals surface area contributed by atoms with Crippen LogP contribution in [0.4, 0.5) is 0 Å². The SMILES string of the molecule is CCCCN=[C]=[W]. The Bertz CT molecular complexity index is 74.1. The van der Waals surface area contributed by atoms with E-state index >= 15 is 0 Å². The number of unbranched alkanes of at least 4 members (excludes halogenated alkanes) is 1. The van der Waals surface area contributed by atoms with E-state index in [1.165, 1.54) is 32.2 Å². The molecule has 0 saturated carbocycles. The predicted octanol–water partition coefficient (Wildman–Crippen LogP) is 1.24. The van der Waals surface area contributed by atoms with Crippen LogP contribution in [-0.2, 0) is 19.4 Å². The molecule has 0 rings (SSSR count). The van der Waals surface area contributed by atoms with Crippen LogP contribution < -0.4 is 0 Å². The standard InChI is InChI=1S/C5H9N.W/c1-3-4-5-6-2;/h3-5H2,1H3;. The van der Waals surface area contributed by atoms with E-state index in [2.05, 4.69) is 16.1 Å². The molecule has 0 amide bonds. The van der Waals surface area contributed by atoms with Crippen molar-refractivity contribution in [2.75, 3.05) is 6.54 Å². The van der Waals surface area contributed by atoms with E-state index in [1.54, 1.807) is 0 Å². The zero-order valence-corrected chi connectivity index (χ0v) is 7.41. The van der Waals surface area contributed by atoms with E-state index in [1.807, 2.05) is 0 Å².